The maximum absolute atomic E-state index is 12.5. The number of nitrogens with one attached hydrogen (secondary N) is 2. The molecule has 7 heteroatoms. The van der Waals surface area contributed by atoms with E-state index in [0.29, 0.717) is 12.8 Å². The minimum absolute atomic E-state index is 0.0223. The molecule has 2 aromatic rings. The van der Waals surface area contributed by atoms with Crippen LogP contribution in [-0.2, 0) is 14.3 Å². The van der Waals surface area contributed by atoms with Crippen molar-refractivity contribution in [2.24, 2.45) is 0 Å². The summed E-state index contributed by atoms with van der Waals surface area (Å²) in [4.78, 5) is 36.0. The van der Waals surface area contributed by atoms with Gasteiger partial charge < -0.3 is 20.5 Å². The van der Waals surface area contributed by atoms with Crippen LogP contribution in [0.15, 0.2) is 48.5 Å². The number of alkyl carbamates (subject to hydrolysis) is 1. The number of benzene rings is 2. The van der Waals surface area contributed by atoms with Gasteiger partial charge >= 0.3 is 12.1 Å². The van der Waals surface area contributed by atoms with E-state index in [-0.39, 0.29) is 25.4 Å². The van der Waals surface area contributed by atoms with Crippen LogP contribution in [0.3, 0.4) is 0 Å². The summed E-state index contributed by atoms with van der Waals surface area (Å²) in [5.74, 6) is 0.530. The Bertz CT molecular complexity index is 1050. The number of carboxylic acids is 1. The van der Waals surface area contributed by atoms with Crippen LogP contribution in [0.5, 0.6) is 0 Å². The number of terminal acetylenes is 1. The first kappa shape index (κ1) is 21.4. The maximum atomic E-state index is 12.5. The first-order valence-electron chi connectivity index (χ1n) is 10.5. The van der Waals surface area contributed by atoms with Crippen LogP contribution in [0.4, 0.5) is 4.79 Å². The van der Waals surface area contributed by atoms with Gasteiger partial charge in [0.2, 0.25) is 5.91 Å². The van der Waals surface area contributed by atoms with Crippen molar-refractivity contribution in [3.05, 3.63) is 59.7 Å². The van der Waals surface area contributed by atoms with Gasteiger partial charge in [-0.05, 0) is 35.1 Å². The summed E-state index contributed by atoms with van der Waals surface area (Å²) >= 11 is 0. The Balaban J connectivity index is 1.34. The third kappa shape index (κ3) is 4.45. The zero-order valence-corrected chi connectivity index (χ0v) is 17.5. The monoisotopic (exact) mass is 432 g/mol. The van der Waals surface area contributed by atoms with Crippen molar-refractivity contribution in [3.8, 4) is 23.5 Å². The molecule has 1 fully saturated rings. The van der Waals surface area contributed by atoms with Gasteiger partial charge in [-0.1, -0.05) is 48.5 Å². The van der Waals surface area contributed by atoms with Crippen molar-refractivity contribution in [2.45, 2.75) is 43.2 Å². The highest BCUT2D eigenvalue weighted by atomic mass is 16.5. The molecule has 1 atom stereocenters. The highest BCUT2D eigenvalue weighted by Crippen LogP contribution is 2.44. The van der Waals surface area contributed by atoms with E-state index in [9.17, 15) is 14.4 Å². The van der Waals surface area contributed by atoms with E-state index in [4.69, 9.17) is 16.3 Å². The first-order chi connectivity index (χ1) is 15.4. The molecule has 1 saturated carbocycles. The number of aliphatic carboxylic acids is 1. The minimum atomic E-state index is -1.19. The average molecular weight is 432 g/mol. The van der Waals surface area contributed by atoms with Crippen LogP contribution in [0.25, 0.3) is 11.1 Å². The number of carboxylic acid groups (broad SMARTS) is 1. The molecular weight excluding hydrogens is 408 g/mol. The minimum Gasteiger partial charge on any atom is -0.480 e. The van der Waals surface area contributed by atoms with E-state index in [1.54, 1.807) is 0 Å². The fourth-order valence-electron chi connectivity index (χ4n) is 4.22. The zero-order valence-electron chi connectivity index (χ0n) is 17.5. The van der Waals surface area contributed by atoms with Crippen LogP contribution >= 0.6 is 0 Å². The van der Waals surface area contributed by atoms with E-state index >= 15 is 0 Å². The highest BCUT2D eigenvalue weighted by Gasteiger charge is 2.46. The number of fused-ring (bicyclic) bond motifs is 3. The van der Waals surface area contributed by atoms with Crippen LogP contribution in [0.1, 0.15) is 42.7 Å². The fourth-order valence-corrected chi connectivity index (χ4v) is 4.22. The van der Waals surface area contributed by atoms with Crippen LogP contribution in [0.2, 0.25) is 0 Å². The van der Waals surface area contributed by atoms with Crippen molar-refractivity contribution in [1.29, 1.82) is 0 Å². The van der Waals surface area contributed by atoms with Gasteiger partial charge in [0.25, 0.3) is 0 Å². The lowest BCUT2D eigenvalue weighted by molar-refractivity contribution is -0.141. The maximum Gasteiger partial charge on any atom is 0.407 e. The van der Waals surface area contributed by atoms with Crippen molar-refractivity contribution in [1.82, 2.24) is 10.6 Å². The van der Waals surface area contributed by atoms with Gasteiger partial charge in [0.15, 0.2) is 0 Å². The molecular formula is C25H24N2O5. The second-order valence-corrected chi connectivity index (χ2v) is 8.27. The number of ether oxygens (including phenoxy) is 1. The smallest absolute Gasteiger partial charge is 0.407 e. The average Bonchev–Trinajstić information content (AvgIpc) is 3.44. The Morgan fingerprint density at radius 2 is 1.69 bits per heavy atom. The first-order valence-corrected chi connectivity index (χ1v) is 10.5. The summed E-state index contributed by atoms with van der Waals surface area (Å²) in [5.41, 5.74) is 3.83. The van der Waals surface area contributed by atoms with E-state index in [2.05, 4.69) is 28.7 Å². The summed E-state index contributed by atoms with van der Waals surface area (Å²) < 4.78 is 5.55. The van der Waals surface area contributed by atoms with Crippen molar-refractivity contribution in [2.75, 3.05) is 6.61 Å². The van der Waals surface area contributed by atoms with E-state index < -0.39 is 29.6 Å². The summed E-state index contributed by atoms with van der Waals surface area (Å²) in [6.45, 7) is 0.186. The Hall–Kier alpha value is -3.79. The van der Waals surface area contributed by atoms with E-state index in [0.717, 1.165) is 22.3 Å². The topological polar surface area (TPSA) is 105 Å². The van der Waals surface area contributed by atoms with Gasteiger partial charge in [-0.3, -0.25) is 4.79 Å². The molecule has 2 aliphatic carbocycles. The molecule has 7 nitrogen and oxygen atoms in total. The van der Waals surface area contributed by atoms with Gasteiger partial charge in [0.1, 0.15) is 12.6 Å². The molecule has 0 spiro atoms. The molecule has 3 N–H and O–H groups in total. The Morgan fingerprint density at radius 3 is 2.22 bits per heavy atom. The Morgan fingerprint density at radius 1 is 1.09 bits per heavy atom. The van der Waals surface area contributed by atoms with Gasteiger partial charge in [-0.25, -0.2) is 9.59 Å². The SMILES string of the molecule is C#CCC(NC(=O)CC1(NC(=O)OCC2c3ccccc3-c3ccccc32)CC1)C(=O)O. The van der Waals surface area contributed by atoms with Gasteiger partial charge in [0, 0.05) is 18.8 Å². The summed E-state index contributed by atoms with van der Waals surface area (Å²) in [5, 5.41) is 14.3. The number of amides is 2. The van der Waals surface area contributed by atoms with Crippen molar-refractivity contribution in [3.63, 3.8) is 0 Å². The van der Waals surface area contributed by atoms with Crippen LogP contribution in [-0.4, -0.2) is 41.3 Å². The third-order valence-corrected chi connectivity index (χ3v) is 6.02. The number of hydrogen-bond acceptors (Lipinski definition) is 4. The predicted molar refractivity (Wildman–Crippen MR) is 118 cm³/mol. The molecule has 0 heterocycles. The molecule has 0 saturated heterocycles. The normalized spacial score (nSPS) is 16.1. The molecule has 1 unspecified atom stereocenters. The van der Waals surface area contributed by atoms with Crippen LogP contribution in [0, 0.1) is 12.3 Å². The molecule has 0 aromatic heterocycles. The molecule has 2 amide bonds. The van der Waals surface area contributed by atoms with Gasteiger partial charge in [-0.15, -0.1) is 12.3 Å². The molecule has 2 aromatic carbocycles. The third-order valence-electron chi connectivity index (χ3n) is 6.02. The fraction of sp³-hybridized carbons (Fsp3) is 0.320. The second kappa shape index (κ2) is 8.75. The summed E-state index contributed by atoms with van der Waals surface area (Å²) in [6.07, 6.45) is 5.69. The van der Waals surface area contributed by atoms with Crippen LogP contribution < -0.4 is 10.6 Å². The molecule has 32 heavy (non-hydrogen) atoms. The Kier molecular flexibility index (Phi) is 5.87. The zero-order chi connectivity index (χ0) is 22.7. The molecule has 0 aliphatic heterocycles. The summed E-state index contributed by atoms with van der Waals surface area (Å²) in [6, 6.07) is 15.0. The molecule has 2 aliphatic rings. The van der Waals surface area contributed by atoms with E-state index in [1.807, 2.05) is 36.4 Å². The number of rotatable bonds is 8. The standard InChI is InChI=1S/C25H24N2O5/c1-2-7-21(23(29)30)26-22(28)14-25(12-13-25)27-24(31)32-15-20-18-10-5-3-8-16(18)17-9-4-6-11-19(17)20/h1,3-6,8-11,20-21H,7,12-15H2,(H,26,28)(H,27,31)(H,29,30). The van der Waals surface area contributed by atoms with Crippen molar-refractivity contribution < 1.29 is 24.2 Å². The second-order valence-electron chi connectivity index (χ2n) is 8.27. The molecule has 0 radical (unpaired) electrons. The quantitative estimate of drug-likeness (QED) is 0.556. The number of carbonyl (C=O) groups is 3. The Labute approximate surface area is 186 Å². The predicted octanol–water partition coefficient (Wildman–Crippen LogP) is 3.04. The van der Waals surface area contributed by atoms with E-state index in [1.165, 1.54) is 0 Å². The summed E-state index contributed by atoms with van der Waals surface area (Å²) in [7, 11) is 0. The lowest BCUT2D eigenvalue weighted by atomic mass is 9.98. The number of hydrogen-bond donors (Lipinski definition) is 3. The molecule has 4 rings (SSSR count). The van der Waals surface area contributed by atoms with Gasteiger partial charge in [0.05, 0.1) is 5.54 Å². The molecule has 164 valence electrons. The lowest BCUT2D eigenvalue weighted by Crippen LogP contribution is -2.45. The number of carbonyl (C=O) groups excluding carboxylic acids is 2. The lowest BCUT2D eigenvalue weighted by Gasteiger charge is -2.20. The van der Waals surface area contributed by atoms with Gasteiger partial charge in [-0.2, -0.15) is 0 Å². The highest BCUT2D eigenvalue weighted by molar-refractivity contribution is 5.85. The largest absolute Gasteiger partial charge is 0.480 e. The molecule has 0 bridgehead atoms. The van der Waals surface area contributed by atoms with Crippen molar-refractivity contribution >= 4 is 18.0 Å².